The van der Waals surface area contributed by atoms with Gasteiger partial charge in [0, 0.05) is 11.8 Å². The van der Waals surface area contributed by atoms with Crippen molar-refractivity contribution in [2.75, 3.05) is 6.26 Å². The summed E-state index contributed by atoms with van der Waals surface area (Å²) >= 11 is 0. The van der Waals surface area contributed by atoms with Crippen LogP contribution in [0.3, 0.4) is 0 Å². The largest absolute Gasteiger partial charge is 0.479 e. The Morgan fingerprint density at radius 3 is 2.38 bits per heavy atom. The van der Waals surface area contributed by atoms with Crippen molar-refractivity contribution in [2.45, 2.75) is 11.0 Å². The molecule has 1 rings (SSSR count). The smallest absolute Gasteiger partial charge is 0.337 e. The van der Waals surface area contributed by atoms with Crippen LogP contribution in [0.5, 0.6) is 0 Å². The number of hydrogen-bond donors (Lipinski definition) is 2. The Labute approximate surface area is 91.1 Å². The Kier molecular flexibility index (Phi) is 3.30. The van der Waals surface area contributed by atoms with Gasteiger partial charge >= 0.3 is 5.97 Å². The molecule has 0 heterocycles. The number of carboxylic acids is 1. The van der Waals surface area contributed by atoms with Crippen LogP contribution in [0.2, 0.25) is 0 Å². The van der Waals surface area contributed by atoms with Gasteiger partial charge in [-0.15, -0.1) is 0 Å². The third-order valence-corrected chi connectivity index (χ3v) is 3.04. The highest BCUT2D eigenvalue weighted by Gasteiger charge is 2.21. The van der Waals surface area contributed by atoms with Crippen molar-refractivity contribution in [3.8, 4) is 0 Å². The van der Waals surface area contributed by atoms with Gasteiger partial charge in [0.05, 0.1) is 4.90 Å². The van der Waals surface area contributed by atoms with E-state index in [0.717, 1.165) is 18.4 Å². The van der Waals surface area contributed by atoms with Crippen LogP contribution in [0.4, 0.5) is 4.39 Å². The Morgan fingerprint density at radius 2 is 2.00 bits per heavy atom. The number of aliphatic hydroxyl groups excluding tert-OH is 1. The van der Waals surface area contributed by atoms with E-state index in [9.17, 15) is 17.6 Å². The molecule has 1 atom stereocenters. The first-order valence-electron chi connectivity index (χ1n) is 4.14. The van der Waals surface area contributed by atoms with Gasteiger partial charge < -0.3 is 10.2 Å². The van der Waals surface area contributed by atoms with Crippen LogP contribution in [-0.4, -0.2) is 30.9 Å². The van der Waals surface area contributed by atoms with E-state index in [-0.39, 0.29) is 4.90 Å². The topological polar surface area (TPSA) is 91.7 Å². The number of rotatable bonds is 3. The highest BCUT2D eigenvalue weighted by Crippen LogP contribution is 2.20. The van der Waals surface area contributed by atoms with Gasteiger partial charge in [0.15, 0.2) is 15.9 Å². The molecule has 2 N–H and O–H groups in total. The van der Waals surface area contributed by atoms with E-state index >= 15 is 0 Å². The minimum Gasteiger partial charge on any atom is -0.479 e. The summed E-state index contributed by atoms with van der Waals surface area (Å²) in [6, 6.07) is 2.65. The Morgan fingerprint density at radius 1 is 1.44 bits per heavy atom. The van der Waals surface area contributed by atoms with Gasteiger partial charge in [-0.25, -0.2) is 17.6 Å². The molecule has 0 aromatic heterocycles. The zero-order valence-electron chi connectivity index (χ0n) is 8.21. The van der Waals surface area contributed by atoms with E-state index in [1.54, 1.807) is 0 Å². The summed E-state index contributed by atoms with van der Waals surface area (Å²) in [7, 11) is -3.56. The van der Waals surface area contributed by atoms with Crippen molar-refractivity contribution in [2.24, 2.45) is 0 Å². The number of halogens is 1. The van der Waals surface area contributed by atoms with E-state index in [2.05, 4.69) is 0 Å². The molecule has 0 aliphatic rings. The van der Waals surface area contributed by atoms with Crippen LogP contribution in [0.25, 0.3) is 0 Å². The number of carboxylic acid groups (broad SMARTS) is 1. The number of carbonyl (C=O) groups is 1. The molecule has 1 unspecified atom stereocenters. The molecule has 1 aromatic rings. The van der Waals surface area contributed by atoms with Crippen LogP contribution in [-0.2, 0) is 14.6 Å². The number of sulfone groups is 1. The van der Waals surface area contributed by atoms with Crippen molar-refractivity contribution in [3.05, 3.63) is 29.6 Å². The summed E-state index contributed by atoms with van der Waals surface area (Å²) in [5.74, 6) is -2.68. The quantitative estimate of drug-likeness (QED) is 0.805. The molecule has 0 spiro atoms. The van der Waals surface area contributed by atoms with Gasteiger partial charge in [-0.05, 0) is 12.1 Å². The molecule has 0 fully saturated rings. The zero-order valence-corrected chi connectivity index (χ0v) is 9.03. The van der Waals surface area contributed by atoms with Gasteiger partial charge in [-0.1, -0.05) is 6.07 Å². The average molecular weight is 248 g/mol. The van der Waals surface area contributed by atoms with Gasteiger partial charge in [0.1, 0.15) is 5.82 Å². The summed E-state index contributed by atoms with van der Waals surface area (Å²) in [6.45, 7) is 0. The van der Waals surface area contributed by atoms with Gasteiger partial charge in [0.2, 0.25) is 0 Å². The van der Waals surface area contributed by atoms with Crippen molar-refractivity contribution >= 4 is 15.8 Å². The molecule has 0 aliphatic carbocycles. The van der Waals surface area contributed by atoms with Crippen molar-refractivity contribution in [3.63, 3.8) is 0 Å². The molecule has 0 radical (unpaired) electrons. The normalized spacial score (nSPS) is 13.4. The first kappa shape index (κ1) is 12.6. The van der Waals surface area contributed by atoms with Crippen LogP contribution in [0, 0.1) is 5.82 Å². The summed E-state index contributed by atoms with van der Waals surface area (Å²) in [4.78, 5) is 10.1. The summed E-state index contributed by atoms with van der Waals surface area (Å²) < 4.78 is 35.4. The van der Waals surface area contributed by atoms with E-state index < -0.39 is 33.3 Å². The van der Waals surface area contributed by atoms with E-state index in [1.807, 2.05) is 0 Å². The number of aliphatic hydroxyl groups is 1. The molecule has 0 aliphatic heterocycles. The second-order valence-corrected chi connectivity index (χ2v) is 5.21. The third kappa shape index (κ3) is 2.56. The third-order valence-electron chi connectivity index (χ3n) is 1.93. The van der Waals surface area contributed by atoms with Crippen LogP contribution >= 0.6 is 0 Å². The van der Waals surface area contributed by atoms with E-state index in [0.29, 0.717) is 6.07 Å². The summed E-state index contributed by atoms with van der Waals surface area (Å²) in [5.41, 5.74) is -0.472. The highest BCUT2D eigenvalue weighted by molar-refractivity contribution is 7.90. The lowest BCUT2D eigenvalue weighted by Gasteiger charge is -2.08. The van der Waals surface area contributed by atoms with Gasteiger partial charge in [0.25, 0.3) is 0 Å². The lowest BCUT2D eigenvalue weighted by Crippen LogP contribution is -2.12. The Bertz CT molecular complexity index is 523. The fourth-order valence-corrected chi connectivity index (χ4v) is 1.73. The molecular weight excluding hydrogens is 239 g/mol. The fraction of sp³-hybridized carbons (Fsp3) is 0.222. The molecule has 7 heteroatoms. The van der Waals surface area contributed by atoms with Crippen molar-refractivity contribution in [1.82, 2.24) is 0 Å². The molecule has 0 amide bonds. The van der Waals surface area contributed by atoms with Crippen LogP contribution < -0.4 is 0 Å². The maximum Gasteiger partial charge on any atom is 0.337 e. The maximum atomic E-state index is 13.3. The average Bonchev–Trinajstić information content (AvgIpc) is 2.15. The number of hydrogen-bond acceptors (Lipinski definition) is 4. The Hall–Kier alpha value is -1.47. The second-order valence-electron chi connectivity index (χ2n) is 3.20. The summed E-state index contributed by atoms with van der Waals surface area (Å²) in [5, 5.41) is 17.5. The molecule has 0 bridgehead atoms. The maximum absolute atomic E-state index is 13.3. The molecule has 5 nitrogen and oxygen atoms in total. The minimum atomic E-state index is -3.56. The standard InChI is InChI=1S/C9H9FO5S/c1-16(14,15)5-2-3-6(7(10)4-5)8(11)9(12)13/h2-4,8,11H,1H3,(H,12,13). The molecule has 16 heavy (non-hydrogen) atoms. The molecular formula is C9H9FO5S. The fourth-order valence-electron chi connectivity index (χ4n) is 1.09. The predicted octanol–water partition coefficient (Wildman–Crippen LogP) is 0.347. The van der Waals surface area contributed by atoms with E-state index in [4.69, 9.17) is 10.2 Å². The number of benzene rings is 1. The zero-order chi connectivity index (χ0) is 12.5. The Balaban J connectivity index is 3.25. The second kappa shape index (κ2) is 4.18. The summed E-state index contributed by atoms with van der Waals surface area (Å²) in [6.07, 6.45) is -1.11. The first-order valence-corrected chi connectivity index (χ1v) is 6.03. The molecule has 88 valence electrons. The lowest BCUT2D eigenvalue weighted by atomic mass is 10.1. The molecule has 1 aromatic carbocycles. The van der Waals surface area contributed by atoms with Crippen molar-refractivity contribution in [1.29, 1.82) is 0 Å². The SMILES string of the molecule is CS(=O)(=O)c1ccc(C(O)C(=O)O)c(F)c1. The predicted molar refractivity (Wildman–Crippen MR) is 52.1 cm³/mol. The van der Waals surface area contributed by atoms with Crippen LogP contribution in [0.1, 0.15) is 11.7 Å². The van der Waals surface area contributed by atoms with Crippen molar-refractivity contribution < 1.29 is 27.8 Å². The minimum absolute atomic E-state index is 0.272. The van der Waals surface area contributed by atoms with Gasteiger partial charge in [-0.3, -0.25) is 0 Å². The lowest BCUT2D eigenvalue weighted by molar-refractivity contribution is -0.147. The molecule has 0 saturated heterocycles. The van der Waals surface area contributed by atoms with E-state index in [1.165, 1.54) is 0 Å². The van der Waals surface area contributed by atoms with Crippen LogP contribution in [0.15, 0.2) is 23.1 Å². The highest BCUT2D eigenvalue weighted by atomic mass is 32.2. The van der Waals surface area contributed by atoms with Gasteiger partial charge in [-0.2, -0.15) is 0 Å². The monoisotopic (exact) mass is 248 g/mol. The first-order chi connectivity index (χ1) is 7.23. The molecule has 0 saturated carbocycles. The number of aliphatic carboxylic acids is 1.